The zero-order chi connectivity index (χ0) is 18.8. The lowest BCUT2D eigenvalue weighted by atomic mass is 10.3. The van der Waals surface area contributed by atoms with E-state index in [1.54, 1.807) is 4.68 Å². The lowest BCUT2D eigenvalue weighted by molar-refractivity contribution is 0.301. The first-order valence-electron chi connectivity index (χ1n) is 8.85. The Hall–Kier alpha value is -2.94. The van der Waals surface area contributed by atoms with Gasteiger partial charge in [-0.2, -0.15) is 14.5 Å². The highest BCUT2D eigenvalue weighted by Crippen LogP contribution is 2.29. The predicted molar refractivity (Wildman–Crippen MR) is 106 cm³/mol. The zero-order valence-corrected chi connectivity index (χ0v) is 16.3. The fraction of sp³-hybridized carbons (Fsp3) is 0.333. The number of hydrogen-bond donors (Lipinski definition) is 1. The Bertz CT molecular complexity index is 1060. The molecule has 0 aliphatic heterocycles. The molecule has 0 aliphatic carbocycles. The first-order valence-corrected chi connectivity index (χ1v) is 9.62. The van der Waals surface area contributed by atoms with Gasteiger partial charge in [-0.15, -0.1) is 0 Å². The Balaban J connectivity index is 1.76. The second-order valence-corrected chi connectivity index (χ2v) is 7.11. The first kappa shape index (κ1) is 17.5. The lowest BCUT2D eigenvalue weighted by Gasteiger charge is -2.11. The van der Waals surface area contributed by atoms with E-state index in [2.05, 4.69) is 31.7 Å². The molecule has 4 heterocycles. The van der Waals surface area contributed by atoms with Crippen molar-refractivity contribution in [1.82, 2.24) is 28.7 Å². The van der Waals surface area contributed by atoms with Gasteiger partial charge in [-0.1, -0.05) is 13.3 Å². The summed E-state index contributed by atoms with van der Waals surface area (Å²) in [5.74, 6) is 1.06. The van der Waals surface area contributed by atoms with E-state index in [0.717, 1.165) is 40.3 Å². The number of anilines is 2. The van der Waals surface area contributed by atoms with E-state index in [1.165, 1.54) is 11.5 Å². The van der Waals surface area contributed by atoms with Crippen molar-refractivity contribution in [3.8, 4) is 11.6 Å². The Kier molecular flexibility index (Phi) is 4.76. The fourth-order valence-corrected chi connectivity index (χ4v) is 3.42. The molecule has 27 heavy (non-hydrogen) atoms. The van der Waals surface area contributed by atoms with Gasteiger partial charge in [0.25, 0.3) is 0 Å². The van der Waals surface area contributed by atoms with E-state index < -0.39 is 0 Å². The van der Waals surface area contributed by atoms with Crippen molar-refractivity contribution >= 4 is 33.5 Å². The molecule has 0 unspecified atom stereocenters. The molecule has 4 aromatic heterocycles. The van der Waals surface area contributed by atoms with Gasteiger partial charge in [-0.3, -0.25) is 4.68 Å². The molecule has 0 saturated heterocycles. The second kappa shape index (κ2) is 7.36. The van der Waals surface area contributed by atoms with Gasteiger partial charge in [-0.05, 0) is 37.0 Å². The minimum Gasteiger partial charge on any atom is -0.476 e. The average Bonchev–Trinajstić information content (AvgIpc) is 3.35. The minimum atomic E-state index is 0.501. The summed E-state index contributed by atoms with van der Waals surface area (Å²) in [6, 6.07) is 3.93. The number of fused-ring (bicyclic) bond motifs is 1. The molecule has 0 atom stereocenters. The largest absolute Gasteiger partial charge is 0.476 e. The molecular weight excluding hydrogens is 362 g/mol. The molecule has 0 spiro atoms. The predicted octanol–water partition coefficient (Wildman–Crippen LogP) is 3.84. The molecular formula is C18H21N7OS. The van der Waals surface area contributed by atoms with Gasteiger partial charge in [0, 0.05) is 19.4 Å². The minimum absolute atomic E-state index is 0.501. The van der Waals surface area contributed by atoms with Gasteiger partial charge in [0.15, 0.2) is 0 Å². The highest BCUT2D eigenvalue weighted by molar-refractivity contribution is 7.10. The monoisotopic (exact) mass is 383 g/mol. The van der Waals surface area contributed by atoms with Gasteiger partial charge in [0.1, 0.15) is 10.5 Å². The molecule has 0 aliphatic rings. The van der Waals surface area contributed by atoms with E-state index in [-0.39, 0.29) is 0 Å². The molecule has 140 valence electrons. The lowest BCUT2D eigenvalue weighted by Crippen LogP contribution is -2.05. The third-order valence-corrected chi connectivity index (χ3v) is 4.87. The zero-order valence-electron chi connectivity index (χ0n) is 15.5. The van der Waals surface area contributed by atoms with E-state index in [0.29, 0.717) is 18.4 Å². The fourth-order valence-electron chi connectivity index (χ4n) is 2.76. The van der Waals surface area contributed by atoms with Crippen LogP contribution in [-0.2, 0) is 7.05 Å². The first-order chi connectivity index (χ1) is 13.1. The third kappa shape index (κ3) is 3.63. The molecule has 0 saturated carbocycles. The molecule has 0 aromatic carbocycles. The van der Waals surface area contributed by atoms with E-state index in [9.17, 15) is 0 Å². The van der Waals surface area contributed by atoms with Gasteiger partial charge in [0.05, 0.1) is 29.7 Å². The van der Waals surface area contributed by atoms with Crippen LogP contribution in [0.5, 0.6) is 5.88 Å². The van der Waals surface area contributed by atoms with Crippen molar-refractivity contribution in [2.45, 2.75) is 26.7 Å². The molecule has 0 fully saturated rings. The Labute approximate surface area is 161 Å². The van der Waals surface area contributed by atoms with Crippen molar-refractivity contribution in [3.63, 3.8) is 0 Å². The van der Waals surface area contributed by atoms with Crippen molar-refractivity contribution in [3.05, 3.63) is 36.4 Å². The average molecular weight is 383 g/mol. The Morgan fingerprint density at radius 2 is 2.19 bits per heavy atom. The molecule has 0 bridgehead atoms. The maximum atomic E-state index is 6.02. The summed E-state index contributed by atoms with van der Waals surface area (Å²) in [5, 5.41) is 8.39. The smallest absolute Gasteiger partial charge is 0.243 e. The molecule has 0 amide bonds. The maximum Gasteiger partial charge on any atom is 0.243 e. The highest BCUT2D eigenvalue weighted by Gasteiger charge is 2.16. The Morgan fingerprint density at radius 1 is 1.30 bits per heavy atom. The third-order valence-electron chi connectivity index (χ3n) is 4.07. The number of unbranched alkanes of at least 4 members (excludes halogenated alkanes) is 1. The quantitative estimate of drug-likeness (QED) is 0.488. The van der Waals surface area contributed by atoms with Gasteiger partial charge >= 0.3 is 0 Å². The van der Waals surface area contributed by atoms with Gasteiger partial charge in [0.2, 0.25) is 11.8 Å². The van der Waals surface area contributed by atoms with Crippen molar-refractivity contribution in [2.75, 3.05) is 11.9 Å². The van der Waals surface area contributed by atoms with Crippen LogP contribution in [0.15, 0.2) is 30.7 Å². The van der Waals surface area contributed by atoms with Crippen LogP contribution in [0, 0.1) is 6.92 Å². The number of rotatable bonds is 7. The molecule has 4 aromatic rings. The van der Waals surface area contributed by atoms with E-state index in [4.69, 9.17) is 4.74 Å². The van der Waals surface area contributed by atoms with Crippen molar-refractivity contribution in [2.24, 2.45) is 7.05 Å². The van der Waals surface area contributed by atoms with Crippen LogP contribution in [0.4, 0.5) is 10.9 Å². The number of ether oxygens (including phenoxy) is 1. The van der Waals surface area contributed by atoms with Crippen LogP contribution < -0.4 is 10.1 Å². The van der Waals surface area contributed by atoms with E-state index >= 15 is 0 Å². The summed E-state index contributed by atoms with van der Waals surface area (Å²) in [4.78, 5) is 9.28. The van der Waals surface area contributed by atoms with Crippen LogP contribution in [0.25, 0.3) is 16.7 Å². The summed E-state index contributed by atoms with van der Waals surface area (Å²) >= 11 is 1.38. The molecule has 1 N–H and O–H groups in total. The van der Waals surface area contributed by atoms with E-state index in [1.807, 2.05) is 49.3 Å². The number of nitrogens with one attached hydrogen (secondary N) is 1. The number of aromatic nitrogens is 6. The highest BCUT2D eigenvalue weighted by atomic mass is 32.1. The van der Waals surface area contributed by atoms with Crippen LogP contribution in [-0.4, -0.2) is 35.3 Å². The summed E-state index contributed by atoms with van der Waals surface area (Å²) in [5.41, 5.74) is 3.55. The van der Waals surface area contributed by atoms with Crippen molar-refractivity contribution in [1.29, 1.82) is 0 Å². The van der Waals surface area contributed by atoms with Crippen LogP contribution in [0.3, 0.4) is 0 Å². The second-order valence-electron chi connectivity index (χ2n) is 6.30. The summed E-state index contributed by atoms with van der Waals surface area (Å²) in [6.45, 7) is 4.70. The number of hydrogen-bond acceptors (Lipinski definition) is 7. The molecule has 4 rings (SSSR count). The Morgan fingerprint density at radius 3 is 2.89 bits per heavy atom. The normalized spacial score (nSPS) is 11.2. The van der Waals surface area contributed by atoms with Crippen molar-refractivity contribution < 1.29 is 4.74 Å². The summed E-state index contributed by atoms with van der Waals surface area (Å²) < 4.78 is 14.1. The van der Waals surface area contributed by atoms with Gasteiger partial charge in [-0.25, -0.2) is 4.98 Å². The summed E-state index contributed by atoms with van der Waals surface area (Å²) in [7, 11) is 1.89. The van der Waals surface area contributed by atoms with Gasteiger partial charge < -0.3 is 14.6 Å². The summed E-state index contributed by atoms with van der Waals surface area (Å²) in [6.07, 6.45) is 7.74. The number of nitrogens with zero attached hydrogens (tertiary/aromatic N) is 6. The molecule has 0 radical (unpaired) electrons. The van der Waals surface area contributed by atoms with Crippen LogP contribution in [0.2, 0.25) is 0 Å². The standard InChI is InChI=1S/C18H21N7OS/c1-4-5-8-26-17-16-14(6-7-25(16)13-10-19-24(3)11-13)20-18(22-17)21-15-9-12(2)23-27-15/h6-7,9-11H,4-5,8H2,1-3H3,(H,20,21,22). The SMILES string of the molecule is CCCCOc1nc(Nc2cc(C)ns2)nc2ccn(-c3cnn(C)c3)c12. The molecule has 9 heteroatoms. The molecule has 8 nitrogen and oxygen atoms in total. The van der Waals surface area contributed by atoms with Crippen LogP contribution >= 0.6 is 11.5 Å². The number of aryl methyl sites for hydroxylation is 2. The maximum absolute atomic E-state index is 6.02. The topological polar surface area (TPSA) is 82.7 Å². The van der Waals surface area contributed by atoms with Crippen LogP contribution in [0.1, 0.15) is 25.5 Å².